The van der Waals surface area contributed by atoms with E-state index in [1.807, 2.05) is 0 Å². The molecule has 0 aromatic carbocycles. The van der Waals surface area contributed by atoms with Crippen molar-refractivity contribution in [2.75, 3.05) is 6.54 Å². The summed E-state index contributed by atoms with van der Waals surface area (Å²) < 4.78 is 0. The van der Waals surface area contributed by atoms with Gasteiger partial charge in [0.25, 0.3) is 0 Å². The highest BCUT2D eigenvalue weighted by Gasteiger charge is 2.50. The third kappa shape index (κ3) is 1.88. The van der Waals surface area contributed by atoms with Gasteiger partial charge in [-0.15, -0.1) is 0 Å². The number of rotatable bonds is 4. The van der Waals surface area contributed by atoms with E-state index in [1.54, 1.807) is 5.57 Å². The van der Waals surface area contributed by atoms with Crippen LogP contribution < -0.4 is 5.32 Å². The van der Waals surface area contributed by atoms with Gasteiger partial charge in [-0.05, 0) is 43.6 Å². The molecule has 0 aliphatic heterocycles. The minimum atomic E-state index is 0.594. The first-order chi connectivity index (χ1) is 6.65. The van der Waals surface area contributed by atoms with Crippen LogP contribution in [-0.4, -0.2) is 12.6 Å². The van der Waals surface area contributed by atoms with Gasteiger partial charge in [0.05, 0.1) is 0 Å². The molecule has 2 aliphatic rings. The molecule has 1 N–H and O–H groups in total. The number of allylic oxidation sites excluding steroid dienone is 1. The summed E-state index contributed by atoms with van der Waals surface area (Å²) in [4.78, 5) is 0. The lowest BCUT2D eigenvalue weighted by Gasteiger charge is -2.21. The van der Waals surface area contributed by atoms with Crippen molar-refractivity contribution in [2.24, 2.45) is 11.3 Å². The van der Waals surface area contributed by atoms with Crippen LogP contribution in [0.15, 0.2) is 11.6 Å². The van der Waals surface area contributed by atoms with Gasteiger partial charge in [0, 0.05) is 6.04 Å². The fraction of sp³-hybridized carbons (Fsp3) is 0.846. The number of likely N-dealkylation sites (N-methyl/N-ethyl adjacent to an activating group) is 1. The zero-order valence-electron chi connectivity index (χ0n) is 9.77. The van der Waals surface area contributed by atoms with E-state index in [9.17, 15) is 0 Å². The van der Waals surface area contributed by atoms with Crippen LogP contribution in [0.5, 0.6) is 0 Å². The average Bonchev–Trinajstić information content (AvgIpc) is 2.61. The number of nitrogens with one attached hydrogen (secondary N) is 1. The smallest absolute Gasteiger partial charge is 0.0313 e. The molecule has 0 heterocycles. The molecule has 0 amide bonds. The minimum absolute atomic E-state index is 0.594. The van der Waals surface area contributed by atoms with Gasteiger partial charge in [-0.1, -0.05) is 32.4 Å². The quantitative estimate of drug-likeness (QED) is 0.676. The van der Waals surface area contributed by atoms with Crippen LogP contribution in [0.4, 0.5) is 0 Å². The fourth-order valence-corrected chi connectivity index (χ4v) is 2.81. The second-order valence-corrected chi connectivity index (χ2v) is 5.51. The summed E-state index contributed by atoms with van der Waals surface area (Å²) in [6.07, 6.45) is 7.91. The highest BCUT2D eigenvalue weighted by Crippen LogP contribution is 2.55. The minimum Gasteiger partial charge on any atom is -0.310 e. The highest BCUT2D eigenvalue weighted by atomic mass is 14.9. The summed E-state index contributed by atoms with van der Waals surface area (Å²) in [6, 6.07) is 0.692. The second-order valence-electron chi connectivity index (χ2n) is 5.51. The van der Waals surface area contributed by atoms with E-state index < -0.39 is 0 Å². The van der Waals surface area contributed by atoms with Crippen LogP contribution in [-0.2, 0) is 0 Å². The predicted octanol–water partition coefficient (Wildman–Crippen LogP) is 3.12. The molecule has 14 heavy (non-hydrogen) atoms. The van der Waals surface area contributed by atoms with Crippen molar-refractivity contribution in [1.29, 1.82) is 0 Å². The van der Waals surface area contributed by atoms with Crippen molar-refractivity contribution in [3.05, 3.63) is 11.6 Å². The zero-order chi connectivity index (χ0) is 10.2. The Balaban J connectivity index is 2.01. The van der Waals surface area contributed by atoms with Gasteiger partial charge >= 0.3 is 0 Å². The predicted molar refractivity (Wildman–Crippen MR) is 61.3 cm³/mol. The van der Waals surface area contributed by atoms with Crippen molar-refractivity contribution in [3.8, 4) is 0 Å². The first-order valence-corrected chi connectivity index (χ1v) is 6.07. The van der Waals surface area contributed by atoms with Gasteiger partial charge in [-0.25, -0.2) is 0 Å². The van der Waals surface area contributed by atoms with Crippen molar-refractivity contribution < 1.29 is 0 Å². The van der Waals surface area contributed by atoms with Crippen molar-refractivity contribution in [3.63, 3.8) is 0 Å². The van der Waals surface area contributed by atoms with E-state index in [0.717, 1.165) is 12.5 Å². The van der Waals surface area contributed by atoms with E-state index in [0.29, 0.717) is 11.5 Å². The standard InChI is InChI=1S/C13H23N/c1-4-14-12(10-7-5-6-8-10)11-9-13(11,2)3/h7,11-12,14H,4-6,8-9H2,1-3H3. The van der Waals surface area contributed by atoms with Gasteiger partial charge in [0.1, 0.15) is 0 Å². The topological polar surface area (TPSA) is 12.0 Å². The first-order valence-electron chi connectivity index (χ1n) is 6.07. The molecule has 1 heteroatoms. The molecule has 1 saturated carbocycles. The summed E-state index contributed by atoms with van der Waals surface area (Å²) in [7, 11) is 0. The molecule has 2 aliphatic carbocycles. The zero-order valence-corrected chi connectivity index (χ0v) is 9.77. The molecule has 2 rings (SSSR count). The van der Waals surface area contributed by atoms with Gasteiger partial charge < -0.3 is 5.32 Å². The van der Waals surface area contributed by atoms with Gasteiger partial charge in [-0.2, -0.15) is 0 Å². The summed E-state index contributed by atoms with van der Waals surface area (Å²) in [6.45, 7) is 8.13. The molecule has 0 spiro atoms. The number of hydrogen-bond acceptors (Lipinski definition) is 1. The van der Waals surface area contributed by atoms with Crippen LogP contribution in [0.2, 0.25) is 0 Å². The van der Waals surface area contributed by atoms with E-state index >= 15 is 0 Å². The Morgan fingerprint density at radius 3 is 2.71 bits per heavy atom. The van der Waals surface area contributed by atoms with Gasteiger partial charge in [0.2, 0.25) is 0 Å². The summed E-state index contributed by atoms with van der Waals surface area (Å²) in [5.41, 5.74) is 2.29. The van der Waals surface area contributed by atoms with Crippen LogP contribution in [0.1, 0.15) is 46.5 Å². The van der Waals surface area contributed by atoms with E-state index in [4.69, 9.17) is 0 Å². The Labute approximate surface area is 88.0 Å². The van der Waals surface area contributed by atoms with Crippen molar-refractivity contribution in [2.45, 2.75) is 52.5 Å². The molecular formula is C13H23N. The van der Waals surface area contributed by atoms with E-state index in [2.05, 4.69) is 32.2 Å². The Bertz CT molecular complexity index is 240. The third-order valence-corrected chi connectivity index (χ3v) is 3.89. The largest absolute Gasteiger partial charge is 0.310 e. The van der Waals surface area contributed by atoms with Crippen molar-refractivity contribution in [1.82, 2.24) is 5.32 Å². The molecule has 0 aromatic heterocycles. The summed E-state index contributed by atoms with van der Waals surface area (Å²) >= 11 is 0. The van der Waals surface area contributed by atoms with E-state index in [-0.39, 0.29) is 0 Å². The Hall–Kier alpha value is -0.300. The highest BCUT2D eigenvalue weighted by molar-refractivity contribution is 5.21. The second kappa shape index (κ2) is 3.69. The molecule has 2 atom stereocenters. The van der Waals surface area contributed by atoms with Gasteiger partial charge in [-0.3, -0.25) is 0 Å². The molecule has 2 unspecified atom stereocenters. The van der Waals surface area contributed by atoms with Crippen molar-refractivity contribution >= 4 is 0 Å². The van der Waals surface area contributed by atoms with E-state index in [1.165, 1.54) is 25.7 Å². The summed E-state index contributed by atoms with van der Waals surface area (Å²) in [5, 5.41) is 3.67. The SMILES string of the molecule is CCNC(C1=CCCC1)C1CC1(C)C. The normalized spacial score (nSPS) is 31.4. The lowest BCUT2D eigenvalue weighted by Crippen LogP contribution is -2.33. The Morgan fingerprint density at radius 2 is 2.29 bits per heavy atom. The maximum Gasteiger partial charge on any atom is 0.0313 e. The average molecular weight is 193 g/mol. The Morgan fingerprint density at radius 1 is 1.57 bits per heavy atom. The maximum absolute atomic E-state index is 3.67. The molecule has 0 saturated heterocycles. The summed E-state index contributed by atoms with van der Waals surface area (Å²) in [5.74, 6) is 0.895. The van der Waals surface area contributed by atoms with Crippen LogP contribution in [0, 0.1) is 11.3 Å². The lowest BCUT2D eigenvalue weighted by atomic mass is 9.96. The molecule has 0 radical (unpaired) electrons. The monoisotopic (exact) mass is 193 g/mol. The van der Waals surface area contributed by atoms with Gasteiger partial charge in [0.15, 0.2) is 0 Å². The molecular weight excluding hydrogens is 170 g/mol. The maximum atomic E-state index is 3.67. The lowest BCUT2D eigenvalue weighted by molar-refractivity contribution is 0.446. The van der Waals surface area contributed by atoms with Crippen LogP contribution >= 0.6 is 0 Å². The van der Waals surface area contributed by atoms with Crippen LogP contribution in [0.3, 0.4) is 0 Å². The molecule has 1 nitrogen and oxygen atoms in total. The fourth-order valence-electron chi connectivity index (χ4n) is 2.81. The molecule has 1 fully saturated rings. The first kappa shape index (κ1) is 10.2. The number of hydrogen-bond donors (Lipinski definition) is 1. The molecule has 0 aromatic rings. The molecule has 80 valence electrons. The molecule has 0 bridgehead atoms. The Kier molecular flexibility index (Phi) is 2.70. The third-order valence-electron chi connectivity index (χ3n) is 3.89. The van der Waals surface area contributed by atoms with Crippen LogP contribution in [0.25, 0.3) is 0 Å².